The molecular formula is C20H20ClN3O4. The number of rotatable bonds is 7. The first-order valence-electron chi connectivity index (χ1n) is 8.71. The highest BCUT2D eigenvalue weighted by molar-refractivity contribution is 6.32. The van der Waals surface area contributed by atoms with E-state index in [9.17, 15) is 9.59 Å². The average Bonchev–Trinajstić information content (AvgIpc) is 3.04. The maximum Gasteiger partial charge on any atom is 0.323 e. The van der Waals surface area contributed by atoms with Gasteiger partial charge >= 0.3 is 5.69 Å². The SMILES string of the molecule is CCCOc1c(Cl)cc(/C=C/C(=O)Nc2ccc3[nH]c(=O)[nH]c3c2)cc1OC. The largest absolute Gasteiger partial charge is 0.493 e. The molecule has 8 heteroatoms. The van der Waals surface area contributed by atoms with Crippen molar-refractivity contribution in [3.8, 4) is 11.5 Å². The number of fused-ring (bicyclic) bond motifs is 1. The van der Waals surface area contributed by atoms with Gasteiger partial charge in [-0.15, -0.1) is 0 Å². The minimum Gasteiger partial charge on any atom is -0.493 e. The average molecular weight is 402 g/mol. The molecule has 1 amide bonds. The highest BCUT2D eigenvalue weighted by atomic mass is 35.5. The number of anilines is 1. The predicted octanol–water partition coefficient (Wildman–Crippen LogP) is 3.96. The van der Waals surface area contributed by atoms with Crippen molar-refractivity contribution in [1.29, 1.82) is 0 Å². The second-order valence-corrected chi connectivity index (χ2v) is 6.45. The monoisotopic (exact) mass is 401 g/mol. The van der Waals surface area contributed by atoms with Gasteiger partial charge in [-0.25, -0.2) is 4.79 Å². The molecule has 0 aliphatic carbocycles. The number of amides is 1. The Morgan fingerprint density at radius 1 is 1.21 bits per heavy atom. The summed E-state index contributed by atoms with van der Waals surface area (Å²) in [5.74, 6) is 0.669. The smallest absolute Gasteiger partial charge is 0.323 e. The molecule has 3 aromatic rings. The number of hydrogen-bond donors (Lipinski definition) is 3. The molecule has 146 valence electrons. The van der Waals surface area contributed by atoms with E-state index < -0.39 is 0 Å². The van der Waals surface area contributed by atoms with E-state index in [0.717, 1.165) is 6.42 Å². The first kappa shape index (κ1) is 19.6. The van der Waals surface area contributed by atoms with Crippen LogP contribution in [0, 0.1) is 0 Å². The third-order valence-electron chi connectivity index (χ3n) is 3.91. The molecule has 0 bridgehead atoms. The number of ether oxygens (including phenoxy) is 2. The van der Waals surface area contributed by atoms with Gasteiger partial charge in [0.25, 0.3) is 0 Å². The fourth-order valence-corrected chi connectivity index (χ4v) is 2.92. The molecule has 1 heterocycles. The van der Waals surface area contributed by atoms with Gasteiger partial charge in [-0.2, -0.15) is 0 Å². The molecule has 3 N–H and O–H groups in total. The molecule has 0 atom stereocenters. The van der Waals surface area contributed by atoms with Crippen LogP contribution in [0.1, 0.15) is 18.9 Å². The zero-order valence-electron chi connectivity index (χ0n) is 15.5. The van der Waals surface area contributed by atoms with Gasteiger partial charge in [0.15, 0.2) is 11.5 Å². The fraction of sp³-hybridized carbons (Fsp3) is 0.200. The van der Waals surface area contributed by atoms with E-state index in [1.54, 1.807) is 36.4 Å². The van der Waals surface area contributed by atoms with Crippen LogP contribution in [0.15, 0.2) is 41.2 Å². The van der Waals surface area contributed by atoms with E-state index in [1.165, 1.54) is 13.2 Å². The molecule has 28 heavy (non-hydrogen) atoms. The van der Waals surface area contributed by atoms with Crippen molar-refractivity contribution in [3.63, 3.8) is 0 Å². The summed E-state index contributed by atoms with van der Waals surface area (Å²) >= 11 is 6.28. The number of imidazole rings is 1. The van der Waals surface area contributed by atoms with E-state index >= 15 is 0 Å². The summed E-state index contributed by atoms with van der Waals surface area (Å²) in [7, 11) is 1.53. The van der Waals surface area contributed by atoms with E-state index in [-0.39, 0.29) is 11.6 Å². The Morgan fingerprint density at radius 3 is 2.75 bits per heavy atom. The van der Waals surface area contributed by atoms with Crippen molar-refractivity contribution in [1.82, 2.24) is 9.97 Å². The Morgan fingerprint density at radius 2 is 2.00 bits per heavy atom. The Balaban J connectivity index is 1.73. The number of H-pyrrole nitrogens is 2. The summed E-state index contributed by atoms with van der Waals surface area (Å²) in [5, 5.41) is 3.16. The Kier molecular flexibility index (Phi) is 6.06. The first-order valence-corrected chi connectivity index (χ1v) is 9.09. The van der Waals surface area contributed by atoms with E-state index in [4.69, 9.17) is 21.1 Å². The summed E-state index contributed by atoms with van der Waals surface area (Å²) in [6, 6.07) is 8.55. The minimum atomic E-state index is -0.321. The molecule has 2 aromatic carbocycles. The summed E-state index contributed by atoms with van der Waals surface area (Å²) in [6.07, 6.45) is 3.87. The van der Waals surface area contributed by atoms with Crippen molar-refractivity contribution < 1.29 is 14.3 Å². The van der Waals surface area contributed by atoms with Gasteiger partial charge in [0.2, 0.25) is 5.91 Å². The molecule has 7 nitrogen and oxygen atoms in total. The van der Waals surface area contributed by atoms with Crippen LogP contribution in [0.3, 0.4) is 0 Å². The Bertz CT molecular complexity index is 1080. The molecular weight excluding hydrogens is 382 g/mol. The van der Waals surface area contributed by atoms with E-state index in [2.05, 4.69) is 15.3 Å². The maximum atomic E-state index is 12.2. The van der Waals surface area contributed by atoms with Crippen LogP contribution in [0.4, 0.5) is 5.69 Å². The van der Waals surface area contributed by atoms with E-state index in [0.29, 0.717) is 45.4 Å². The fourth-order valence-electron chi connectivity index (χ4n) is 2.65. The van der Waals surface area contributed by atoms with Crippen molar-refractivity contribution in [2.75, 3.05) is 19.0 Å². The van der Waals surface area contributed by atoms with Gasteiger partial charge in [0, 0.05) is 11.8 Å². The van der Waals surface area contributed by atoms with Gasteiger partial charge < -0.3 is 24.8 Å². The Hall–Kier alpha value is -3.19. The molecule has 0 aliphatic heterocycles. The summed E-state index contributed by atoms with van der Waals surface area (Å²) in [6.45, 7) is 2.53. The van der Waals surface area contributed by atoms with Crippen molar-refractivity contribution in [2.24, 2.45) is 0 Å². The number of aromatic nitrogens is 2. The molecule has 0 unspecified atom stereocenters. The lowest BCUT2D eigenvalue weighted by Gasteiger charge is -2.12. The van der Waals surface area contributed by atoms with Crippen LogP contribution in [-0.4, -0.2) is 29.6 Å². The standard InChI is InChI=1S/C20H20ClN3O4/c1-3-8-28-19-14(21)9-12(10-17(19)27-2)4-7-18(25)22-13-5-6-15-16(11-13)24-20(26)23-15/h4-7,9-11H,3,8H2,1-2H3,(H,22,25)(H2,23,24,26)/b7-4+. The predicted molar refractivity (Wildman–Crippen MR) is 110 cm³/mol. The van der Waals surface area contributed by atoms with Gasteiger partial charge in [-0.3, -0.25) is 4.79 Å². The van der Waals surface area contributed by atoms with Crippen LogP contribution in [-0.2, 0) is 4.79 Å². The minimum absolute atomic E-state index is 0.296. The lowest BCUT2D eigenvalue weighted by Crippen LogP contribution is -2.07. The number of aromatic amines is 2. The number of halogens is 1. The second-order valence-electron chi connectivity index (χ2n) is 6.04. The number of methoxy groups -OCH3 is 1. The summed E-state index contributed by atoms with van der Waals surface area (Å²) < 4.78 is 10.9. The molecule has 0 saturated carbocycles. The number of hydrogen-bond acceptors (Lipinski definition) is 4. The molecule has 0 aliphatic rings. The van der Waals surface area contributed by atoms with Crippen molar-refractivity contribution in [3.05, 3.63) is 57.5 Å². The maximum absolute atomic E-state index is 12.2. The number of carbonyl (C=O) groups is 1. The van der Waals surface area contributed by atoms with Gasteiger partial charge in [0.05, 0.1) is 29.8 Å². The Labute approximate surface area is 166 Å². The lowest BCUT2D eigenvalue weighted by molar-refractivity contribution is -0.111. The molecule has 3 rings (SSSR count). The van der Waals surface area contributed by atoms with Crippen LogP contribution in [0.5, 0.6) is 11.5 Å². The molecule has 0 saturated heterocycles. The third kappa shape index (κ3) is 4.55. The van der Waals surface area contributed by atoms with Crippen LogP contribution in [0.2, 0.25) is 5.02 Å². The van der Waals surface area contributed by atoms with Gasteiger partial charge in [-0.1, -0.05) is 18.5 Å². The van der Waals surface area contributed by atoms with Crippen molar-refractivity contribution in [2.45, 2.75) is 13.3 Å². The summed E-state index contributed by atoms with van der Waals surface area (Å²) in [5.41, 5.74) is 2.26. The molecule has 0 spiro atoms. The zero-order chi connectivity index (χ0) is 20.1. The quantitative estimate of drug-likeness (QED) is 0.522. The number of carbonyl (C=O) groups excluding carboxylic acids is 1. The molecule has 1 aromatic heterocycles. The number of nitrogens with one attached hydrogen (secondary N) is 3. The highest BCUT2D eigenvalue weighted by Crippen LogP contribution is 2.36. The van der Waals surface area contributed by atoms with Crippen LogP contribution in [0.25, 0.3) is 17.1 Å². The van der Waals surface area contributed by atoms with Gasteiger partial charge in [0.1, 0.15) is 0 Å². The highest BCUT2D eigenvalue weighted by Gasteiger charge is 2.11. The molecule has 0 radical (unpaired) electrons. The van der Waals surface area contributed by atoms with Crippen LogP contribution >= 0.6 is 11.6 Å². The third-order valence-corrected chi connectivity index (χ3v) is 4.19. The zero-order valence-corrected chi connectivity index (χ0v) is 16.2. The molecule has 0 fully saturated rings. The van der Waals surface area contributed by atoms with Gasteiger partial charge in [-0.05, 0) is 48.4 Å². The normalized spacial score (nSPS) is 11.1. The van der Waals surface area contributed by atoms with E-state index in [1.807, 2.05) is 6.92 Å². The number of benzene rings is 2. The second kappa shape index (κ2) is 8.67. The van der Waals surface area contributed by atoms with Crippen molar-refractivity contribution >= 4 is 40.3 Å². The summed E-state index contributed by atoms with van der Waals surface area (Å²) in [4.78, 5) is 28.8. The lowest BCUT2D eigenvalue weighted by atomic mass is 10.2. The first-order chi connectivity index (χ1) is 13.5. The topological polar surface area (TPSA) is 96.2 Å². The van der Waals surface area contributed by atoms with Crippen LogP contribution < -0.4 is 20.5 Å².